The molecule has 4 heteroatoms. The minimum Gasteiger partial charge on any atom is -0.489 e. The van der Waals surface area contributed by atoms with Crippen molar-refractivity contribution in [3.8, 4) is 5.75 Å². The zero-order valence-corrected chi connectivity index (χ0v) is 14.1. The normalized spacial score (nSPS) is 10.9. The van der Waals surface area contributed by atoms with Crippen molar-refractivity contribution in [3.05, 3.63) is 75.8 Å². The van der Waals surface area contributed by atoms with Crippen LogP contribution in [0.4, 0.5) is 0 Å². The van der Waals surface area contributed by atoms with E-state index in [4.69, 9.17) is 33.7 Å². The molecule has 0 fully saturated rings. The lowest BCUT2D eigenvalue weighted by Crippen LogP contribution is -2.06. The third-order valence-corrected chi connectivity index (χ3v) is 4.51. The summed E-state index contributed by atoms with van der Waals surface area (Å²) in [6.07, 6.45) is 0.776. The van der Waals surface area contributed by atoms with E-state index in [9.17, 15) is 0 Å². The van der Waals surface area contributed by atoms with Crippen LogP contribution >= 0.6 is 23.2 Å². The molecule has 0 heterocycles. The van der Waals surface area contributed by atoms with E-state index in [1.807, 2.05) is 30.3 Å². The summed E-state index contributed by atoms with van der Waals surface area (Å²) in [6, 6.07) is 17.9. The van der Waals surface area contributed by atoms with Crippen LogP contribution in [0.2, 0.25) is 10.0 Å². The molecule has 3 aromatic rings. The van der Waals surface area contributed by atoms with Gasteiger partial charge in [0.1, 0.15) is 12.4 Å². The first-order chi connectivity index (χ1) is 11.2. The summed E-state index contributed by atoms with van der Waals surface area (Å²) in [6.45, 7) is 1.02. The van der Waals surface area contributed by atoms with E-state index in [1.165, 1.54) is 10.8 Å². The van der Waals surface area contributed by atoms with Crippen molar-refractivity contribution in [1.29, 1.82) is 0 Å². The molecule has 0 aliphatic carbocycles. The van der Waals surface area contributed by atoms with Crippen molar-refractivity contribution in [2.45, 2.75) is 13.0 Å². The lowest BCUT2D eigenvalue weighted by Gasteiger charge is -2.14. The van der Waals surface area contributed by atoms with E-state index in [2.05, 4.69) is 18.2 Å². The van der Waals surface area contributed by atoms with Crippen LogP contribution in [0, 0.1) is 0 Å². The Morgan fingerprint density at radius 1 is 0.913 bits per heavy atom. The Labute approximate surface area is 145 Å². The minimum atomic E-state index is 0.437. The van der Waals surface area contributed by atoms with Crippen LogP contribution in [-0.4, -0.2) is 6.54 Å². The van der Waals surface area contributed by atoms with Gasteiger partial charge in [-0.2, -0.15) is 0 Å². The van der Waals surface area contributed by atoms with E-state index in [0.29, 0.717) is 23.2 Å². The SMILES string of the molecule is NCCc1c(OCc2ccc(Cl)c(Cl)c2)ccc2ccccc12. The maximum absolute atomic E-state index is 6.05. The van der Waals surface area contributed by atoms with Crippen LogP contribution in [0.1, 0.15) is 11.1 Å². The maximum atomic E-state index is 6.05. The molecule has 0 aliphatic rings. The van der Waals surface area contributed by atoms with Gasteiger partial charge in [0.2, 0.25) is 0 Å². The van der Waals surface area contributed by atoms with Gasteiger partial charge in [0.15, 0.2) is 0 Å². The molecule has 0 saturated carbocycles. The fraction of sp³-hybridized carbons (Fsp3) is 0.158. The molecule has 2 nitrogen and oxygen atoms in total. The van der Waals surface area contributed by atoms with E-state index in [0.717, 1.165) is 23.3 Å². The van der Waals surface area contributed by atoms with Crippen LogP contribution < -0.4 is 10.5 Å². The van der Waals surface area contributed by atoms with Crippen LogP contribution in [0.3, 0.4) is 0 Å². The van der Waals surface area contributed by atoms with E-state index in [-0.39, 0.29) is 0 Å². The average Bonchev–Trinajstić information content (AvgIpc) is 2.57. The number of hydrogen-bond acceptors (Lipinski definition) is 2. The number of rotatable bonds is 5. The summed E-state index contributed by atoms with van der Waals surface area (Å²) in [4.78, 5) is 0. The van der Waals surface area contributed by atoms with Crippen LogP contribution in [0.15, 0.2) is 54.6 Å². The number of nitrogens with two attached hydrogens (primary N) is 1. The highest BCUT2D eigenvalue weighted by Crippen LogP contribution is 2.29. The van der Waals surface area contributed by atoms with Crippen molar-refractivity contribution in [3.63, 3.8) is 0 Å². The smallest absolute Gasteiger partial charge is 0.123 e. The zero-order chi connectivity index (χ0) is 16.2. The molecule has 2 N–H and O–H groups in total. The Balaban J connectivity index is 1.89. The number of hydrogen-bond donors (Lipinski definition) is 1. The van der Waals surface area contributed by atoms with Crippen molar-refractivity contribution in [2.75, 3.05) is 6.54 Å². The molecule has 118 valence electrons. The van der Waals surface area contributed by atoms with Gasteiger partial charge in [-0.05, 0) is 47.5 Å². The second-order valence-corrected chi connectivity index (χ2v) is 6.15. The highest BCUT2D eigenvalue weighted by Gasteiger charge is 2.09. The van der Waals surface area contributed by atoms with Gasteiger partial charge in [0, 0.05) is 5.56 Å². The molecule has 0 unspecified atom stereocenters. The largest absolute Gasteiger partial charge is 0.489 e. The predicted molar refractivity (Wildman–Crippen MR) is 97.5 cm³/mol. The summed E-state index contributed by atoms with van der Waals surface area (Å²) >= 11 is 12.0. The molecule has 0 bridgehead atoms. The first-order valence-corrected chi connectivity index (χ1v) is 8.22. The van der Waals surface area contributed by atoms with Crippen LogP contribution in [0.5, 0.6) is 5.75 Å². The molecular weight excluding hydrogens is 329 g/mol. The number of ether oxygens (including phenoxy) is 1. The second-order valence-electron chi connectivity index (χ2n) is 5.34. The van der Waals surface area contributed by atoms with Gasteiger partial charge >= 0.3 is 0 Å². The Morgan fingerprint density at radius 2 is 1.74 bits per heavy atom. The standard InChI is InChI=1S/C19H17Cl2NO/c20-17-7-5-13(11-18(17)21)12-23-19-8-6-14-3-1-2-4-15(14)16(19)9-10-22/h1-8,11H,9-10,12,22H2. The molecule has 0 atom stereocenters. The van der Waals surface area contributed by atoms with E-state index in [1.54, 1.807) is 6.07 Å². The zero-order valence-electron chi connectivity index (χ0n) is 12.6. The van der Waals surface area contributed by atoms with Crippen LogP contribution in [0.25, 0.3) is 10.8 Å². The van der Waals surface area contributed by atoms with Gasteiger partial charge in [-0.1, -0.05) is 59.6 Å². The van der Waals surface area contributed by atoms with Gasteiger partial charge < -0.3 is 10.5 Å². The highest BCUT2D eigenvalue weighted by atomic mass is 35.5. The average molecular weight is 346 g/mol. The Hall–Kier alpha value is -1.74. The first kappa shape index (κ1) is 16.1. The molecule has 3 rings (SSSR count). The van der Waals surface area contributed by atoms with Gasteiger partial charge in [-0.25, -0.2) is 0 Å². The van der Waals surface area contributed by atoms with Gasteiger partial charge in [-0.3, -0.25) is 0 Å². The summed E-state index contributed by atoms with van der Waals surface area (Å²) in [5.74, 6) is 0.861. The summed E-state index contributed by atoms with van der Waals surface area (Å²) in [5.41, 5.74) is 7.90. The second kappa shape index (κ2) is 7.22. The highest BCUT2D eigenvalue weighted by molar-refractivity contribution is 6.42. The predicted octanol–water partition coefficient (Wildman–Crippen LogP) is 5.23. The van der Waals surface area contributed by atoms with Crippen molar-refractivity contribution in [1.82, 2.24) is 0 Å². The molecule has 0 radical (unpaired) electrons. The van der Waals surface area contributed by atoms with Crippen LogP contribution in [-0.2, 0) is 13.0 Å². The monoisotopic (exact) mass is 345 g/mol. The van der Waals surface area contributed by atoms with Gasteiger partial charge in [0.25, 0.3) is 0 Å². The molecular formula is C19H17Cl2NO. The fourth-order valence-electron chi connectivity index (χ4n) is 2.64. The third-order valence-electron chi connectivity index (χ3n) is 3.77. The number of fused-ring (bicyclic) bond motifs is 1. The van der Waals surface area contributed by atoms with Gasteiger partial charge in [-0.15, -0.1) is 0 Å². The fourth-order valence-corrected chi connectivity index (χ4v) is 2.96. The Morgan fingerprint density at radius 3 is 2.52 bits per heavy atom. The molecule has 23 heavy (non-hydrogen) atoms. The summed E-state index contributed by atoms with van der Waals surface area (Å²) in [5, 5.41) is 3.46. The molecule has 0 aliphatic heterocycles. The minimum absolute atomic E-state index is 0.437. The number of halogens is 2. The molecule has 0 spiro atoms. The van der Waals surface area contributed by atoms with Crippen molar-refractivity contribution in [2.24, 2.45) is 5.73 Å². The third kappa shape index (κ3) is 3.61. The maximum Gasteiger partial charge on any atom is 0.123 e. The van der Waals surface area contributed by atoms with E-state index < -0.39 is 0 Å². The van der Waals surface area contributed by atoms with Crippen molar-refractivity contribution < 1.29 is 4.74 Å². The number of benzene rings is 3. The molecule has 0 aromatic heterocycles. The molecule has 0 amide bonds. The summed E-state index contributed by atoms with van der Waals surface area (Å²) in [7, 11) is 0. The summed E-state index contributed by atoms with van der Waals surface area (Å²) < 4.78 is 6.02. The first-order valence-electron chi connectivity index (χ1n) is 7.46. The molecule has 3 aromatic carbocycles. The van der Waals surface area contributed by atoms with Gasteiger partial charge in [0.05, 0.1) is 10.0 Å². The molecule has 0 saturated heterocycles. The topological polar surface area (TPSA) is 35.2 Å². The quantitative estimate of drug-likeness (QED) is 0.687. The van der Waals surface area contributed by atoms with E-state index >= 15 is 0 Å². The van der Waals surface area contributed by atoms with Crippen molar-refractivity contribution >= 4 is 34.0 Å². The lowest BCUT2D eigenvalue weighted by atomic mass is 10.0. The Kier molecular flexibility index (Phi) is 5.06. The lowest BCUT2D eigenvalue weighted by molar-refractivity contribution is 0.303. The Bertz CT molecular complexity index is 833.